The van der Waals surface area contributed by atoms with Crippen LogP contribution in [-0.4, -0.2) is 45.2 Å². The number of nitrogens with one attached hydrogen (secondary N) is 1. The number of fused-ring (bicyclic) bond motifs is 5. The first-order valence-corrected chi connectivity index (χ1v) is 10.0. The molecule has 8 heteroatoms. The van der Waals surface area contributed by atoms with E-state index in [0.29, 0.717) is 25.7 Å². The standard InChI is InChI=1S/C18H23N5O2S/c1-3-25-9-5-8-19-17(24)15-21-16-14-13-11(2)6-4-7-12(13)26-18(14)20-10-23(16)22-15/h10-11H,3-9H2,1-2H3,(H,19,24). The highest BCUT2D eigenvalue weighted by atomic mass is 32.1. The molecule has 3 aromatic rings. The van der Waals surface area contributed by atoms with Gasteiger partial charge in [0.2, 0.25) is 5.82 Å². The molecular formula is C18H23N5O2S. The molecule has 1 aliphatic carbocycles. The SMILES string of the molecule is CCOCCCNC(=O)c1nc2c3c4c(sc3ncn2n1)CCCC4C. The molecule has 4 rings (SSSR count). The molecule has 1 atom stereocenters. The van der Waals surface area contributed by atoms with Gasteiger partial charge in [-0.2, -0.15) is 0 Å². The third kappa shape index (κ3) is 3.07. The molecule has 1 N–H and O–H groups in total. The lowest BCUT2D eigenvalue weighted by molar-refractivity contribution is 0.0934. The van der Waals surface area contributed by atoms with Crippen LogP contribution in [0.25, 0.3) is 15.9 Å². The fourth-order valence-corrected chi connectivity index (χ4v) is 4.88. The molecule has 7 nitrogen and oxygen atoms in total. The summed E-state index contributed by atoms with van der Waals surface area (Å²) in [6.07, 6.45) is 5.94. The summed E-state index contributed by atoms with van der Waals surface area (Å²) in [4.78, 5) is 23.9. The van der Waals surface area contributed by atoms with Crippen molar-refractivity contribution in [1.82, 2.24) is 24.9 Å². The number of hydrogen-bond acceptors (Lipinski definition) is 6. The maximum atomic E-state index is 12.4. The molecule has 0 fully saturated rings. The second-order valence-electron chi connectivity index (χ2n) is 6.67. The lowest BCUT2D eigenvalue weighted by Gasteiger charge is -2.18. The summed E-state index contributed by atoms with van der Waals surface area (Å²) >= 11 is 1.75. The molecule has 0 radical (unpaired) electrons. The van der Waals surface area contributed by atoms with Gasteiger partial charge >= 0.3 is 0 Å². The predicted molar refractivity (Wildman–Crippen MR) is 101 cm³/mol. The Bertz CT molecular complexity index is 948. The average molecular weight is 373 g/mol. The number of carbonyl (C=O) groups is 1. The topological polar surface area (TPSA) is 81.4 Å². The first-order valence-electron chi connectivity index (χ1n) is 9.21. The van der Waals surface area contributed by atoms with Crippen LogP contribution in [-0.2, 0) is 11.2 Å². The van der Waals surface area contributed by atoms with Gasteiger partial charge in [-0.15, -0.1) is 16.4 Å². The minimum atomic E-state index is -0.254. The molecule has 0 saturated heterocycles. The Morgan fingerprint density at radius 3 is 3.23 bits per heavy atom. The van der Waals surface area contributed by atoms with Gasteiger partial charge in [-0.3, -0.25) is 4.79 Å². The lowest BCUT2D eigenvalue weighted by atomic mass is 9.87. The summed E-state index contributed by atoms with van der Waals surface area (Å²) in [6, 6.07) is 0. The van der Waals surface area contributed by atoms with Gasteiger partial charge in [-0.25, -0.2) is 14.5 Å². The molecular weight excluding hydrogens is 350 g/mol. The summed E-state index contributed by atoms with van der Waals surface area (Å²) in [5.74, 6) is 0.433. The number of ether oxygens (including phenoxy) is 1. The van der Waals surface area contributed by atoms with Crippen LogP contribution in [0.3, 0.4) is 0 Å². The fraction of sp³-hybridized carbons (Fsp3) is 0.556. The van der Waals surface area contributed by atoms with Gasteiger partial charge in [0.25, 0.3) is 5.91 Å². The molecule has 3 aromatic heterocycles. The van der Waals surface area contributed by atoms with Crippen LogP contribution in [0.5, 0.6) is 0 Å². The van der Waals surface area contributed by atoms with E-state index in [2.05, 4.69) is 27.3 Å². The van der Waals surface area contributed by atoms with Crippen LogP contribution in [0, 0.1) is 0 Å². The predicted octanol–water partition coefficient (Wildman–Crippen LogP) is 2.94. The Kier molecular flexibility index (Phi) is 4.86. The van der Waals surface area contributed by atoms with Crippen molar-refractivity contribution in [3.05, 3.63) is 22.6 Å². The number of thiophene rings is 1. The number of hydrogen-bond donors (Lipinski definition) is 1. The summed E-state index contributed by atoms with van der Waals surface area (Å²) < 4.78 is 6.91. The largest absolute Gasteiger partial charge is 0.382 e. The van der Waals surface area contributed by atoms with Gasteiger partial charge in [0.05, 0.1) is 5.39 Å². The molecule has 3 heterocycles. The van der Waals surface area contributed by atoms with Crippen molar-refractivity contribution in [3.63, 3.8) is 0 Å². The molecule has 138 valence electrons. The summed E-state index contributed by atoms with van der Waals surface area (Å²) in [6.45, 7) is 6.09. The van der Waals surface area contributed by atoms with Gasteiger partial charge in [0.15, 0.2) is 5.65 Å². The molecule has 1 unspecified atom stereocenters. The molecule has 26 heavy (non-hydrogen) atoms. The van der Waals surface area contributed by atoms with E-state index in [1.54, 1.807) is 22.2 Å². The monoisotopic (exact) mass is 373 g/mol. The average Bonchev–Trinajstić information content (AvgIpc) is 3.22. The maximum absolute atomic E-state index is 12.4. The van der Waals surface area contributed by atoms with Crippen molar-refractivity contribution in [3.8, 4) is 0 Å². The van der Waals surface area contributed by atoms with E-state index in [4.69, 9.17) is 4.74 Å². The van der Waals surface area contributed by atoms with Gasteiger partial charge in [-0.1, -0.05) is 6.92 Å². The number of carbonyl (C=O) groups excluding carboxylic acids is 1. The van der Waals surface area contributed by atoms with Crippen molar-refractivity contribution in [2.75, 3.05) is 19.8 Å². The quantitative estimate of drug-likeness (QED) is 0.672. The van der Waals surface area contributed by atoms with Crippen molar-refractivity contribution in [1.29, 1.82) is 0 Å². The van der Waals surface area contributed by atoms with Gasteiger partial charge < -0.3 is 10.1 Å². The minimum Gasteiger partial charge on any atom is -0.382 e. The van der Waals surface area contributed by atoms with Gasteiger partial charge in [0.1, 0.15) is 11.2 Å². The van der Waals surface area contributed by atoms with Crippen LogP contribution < -0.4 is 5.32 Å². The van der Waals surface area contributed by atoms with E-state index < -0.39 is 0 Å². The zero-order chi connectivity index (χ0) is 18.1. The highest BCUT2D eigenvalue weighted by molar-refractivity contribution is 7.19. The lowest BCUT2D eigenvalue weighted by Crippen LogP contribution is -2.26. The molecule has 0 bridgehead atoms. The minimum absolute atomic E-state index is 0.194. The van der Waals surface area contributed by atoms with Crippen molar-refractivity contribution >= 4 is 33.1 Å². The maximum Gasteiger partial charge on any atom is 0.290 e. The van der Waals surface area contributed by atoms with E-state index in [9.17, 15) is 4.79 Å². The Morgan fingerprint density at radius 1 is 1.50 bits per heavy atom. The van der Waals surface area contributed by atoms with Crippen LogP contribution in [0.2, 0.25) is 0 Å². The zero-order valence-electron chi connectivity index (χ0n) is 15.1. The number of nitrogens with zero attached hydrogens (tertiary/aromatic N) is 4. The van der Waals surface area contributed by atoms with Gasteiger partial charge in [0, 0.05) is 24.6 Å². The molecule has 0 aromatic carbocycles. The molecule has 0 spiro atoms. The number of rotatable bonds is 6. The Morgan fingerprint density at radius 2 is 2.38 bits per heavy atom. The van der Waals surface area contributed by atoms with Crippen LogP contribution in [0.4, 0.5) is 0 Å². The third-order valence-corrected chi connectivity index (χ3v) is 6.01. The van der Waals surface area contributed by atoms with E-state index in [1.165, 1.54) is 23.3 Å². The van der Waals surface area contributed by atoms with Crippen molar-refractivity contribution < 1.29 is 9.53 Å². The van der Waals surface area contributed by atoms with E-state index in [0.717, 1.165) is 28.7 Å². The van der Waals surface area contributed by atoms with Crippen LogP contribution in [0.1, 0.15) is 60.1 Å². The third-order valence-electron chi connectivity index (χ3n) is 4.83. The molecule has 0 saturated carbocycles. The van der Waals surface area contributed by atoms with Crippen molar-refractivity contribution in [2.24, 2.45) is 0 Å². The van der Waals surface area contributed by atoms with Crippen LogP contribution >= 0.6 is 11.3 Å². The Labute approximate surface area is 155 Å². The zero-order valence-corrected chi connectivity index (χ0v) is 15.9. The van der Waals surface area contributed by atoms with Gasteiger partial charge in [-0.05, 0) is 44.1 Å². The summed E-state index contributed by atoms with van der Waals surface area (Å²) in [5.41, 5.74) is 2.09. The number of aryl methyl sites for hydroxylation is 1. The number of amides is 1. The van der Waals surface area contributed by atoms with E-state index in [1.807, 2.05) is 6.92 Å². The molecule has 0 aliphatic heterocycles. The first kappa shape index (κ1) is 17.4. The van der Waals surface area contributed by atoms with E-state index in [-0.39, 0.29) is 11.7 Å². The Balaban J connectivity index is 1.63. The normalized spacial score (nSPS) is 16.9. The fourth-order valence-electron chi connectivity index (χ4n) is 3.58. The molecule has 1 amide bonds. The second kappa shape index (κ2) is 7.28. The first-order chi connectivity index (χ1) is 12.7. The smallest absolute Gasteiger partial charge is 0.290 e. The summed E-state index contributed by atoms with van der Waals surface area (Å²) in [5, 5.41) is 8.26. The number of aromatic nitrogens is 4. The summed E-state index contributed by atoms with van der Waals surface area (Å²) in [7, 11) is 0. The highest BCUT2D eigenvalue weighted by Gasteiger charge is 2.25. The highest BCUT2D eigenvalue weighted by Crippen LogP contribution is 2.42. The molecule has 1 aliphatic rings. The van der Waals surface area contributed by atoms with Crippen molar-refractivity contribution in [2.45, 2.75) is 45.4 Å². The second-order valence-corrected chi connectivity index (χ2v) is 7.75. The van der Waals surface area contributed by atoms with E-state index >= 15 is 0 Å². The van der Waals surface area contributed by atoms with Crippen LogP contribution in [0.15, 0.2) is 6.33 Å². The Hall–Kier alpha value is -2.06.